The molecule has 1 N–H and O–H groups in total. The Morgan fingerprint density at radius 3 is 2.47 bits per heavy atom. The molecule has 2 aromatic rings. The van der Waals surface area contributed by atoms with Crippen LogP contribution in [0.15, 0.2) is 48.5 Å². The molecule has 2 aromatic carbocycles. The fraction of sp³-hybridized carbons (Fsp3) is 0.464. The summed E-state index contributed by atoms with van der Waals surface area (Å²) in [5.41, 5.74) is 4.42. The standard InChI is InChI=1S/C28H37N5O3/c1-5-6-12-24-27(35)31(17-23-14-13-20(2)21(3)15-23)18-25-32(24)26(34)19-30(4)33(25)28(36)29-16-22-10-8-7-9-11-22/h7-11,13-15,24-25H,5-6,12,16-19H2,1-4H3,(H,29,36)/t24-,25-/m0/s1. The summed E-state index contributed by atoms with van der Waals surface area (Å²) >= 11 is 0. The van der Waals surface area contributed by atoms with Crippen molar-refractivity contribution in [1.82, 2.24) is 25.1 Å². The van der Waals surface area contributed by atoms with Crippen molar-refractivity contribution in [3.8, 4) is 0 Å². The van der Waals surface area contributed by atoms with Crippen LogP contribution in [-0.4, -0.2) is 70.0 Å². The fourth-order valence-corrected chi connectivity index (χ4v) is 5.10. The highest BCUT2D eigenvalue weighted by Gasteiger charge is 2.50. The molecule has 8 heteroatoms. The van der Waals surface area contributed by atoms with Gasteiger partial charge in [0, 0.05) is 20.1 Å². The molecule has 0 aliphatic carbocycles. The molecular formula is C28H37N5O3. The van der Waals surface area contributed by atoms with Crippen molar-refractivity contribution in [3.05, 3.63) is 70.8 Å². The number of fused-ring (bicyclic) bond motifs is 1. The quantitative estimate of drug-likeness (QED) is 0.644. The molecule has 2 aliphatic heterocycles. The van der Waals surface area contributed by atoms with Gasteiger partial charge in [-0.1, -0.05) is 68.3 Å². The molecule has 8 nitrogen and oxygen atoms in total. The Hall–Kier alpha value is -3.39. The van der Waals surface area contributed by atoms with Gasteiger partial charge in [0.2, 0.25) is 11.8 Å². The van der Waals surface area contributed by atoms with E-state index >= 15 is 0 Å². The first kappa shape index (κ1) is 25.7. The molecular weight excluding hydrogens is 454 g/mol. The van der Waals surface area contributed by atoms with Crippen molar-refractivity contribution in [2.75, 3.05) is 20.1 Å². The molecule has 36 heavy (non-hydrogen) atoms. The van der Waals surface area contributed by atoms with Gasteiger partial charge >= 0.3 is 6.03 Å². The first-order chi connectivity index (χ1) is 17.3. The number of unbranched alkanes of at least 4 members (excludes halogenated alkanes) is 1. The van der Waals surface area contributed by atoms with Crippen LogP contribution in [-0.2, 0) is 22.7 Å². The Kier molecular flexibility index (Phi) is 7.94. The van der Waals surface area contributed by atoms with Crippen LogP contribution >= 0.6 is 0 Å². The van der Waals surface area contributed by atoms with Crippen molar-refractivity contribution in [2.45, 2.75) is 65.3 Å². The van der Waals surface area contributed by atoms with E-state index in [-0.39, 0.29) is 30.9 Å². The van der Waals surface area contributed by atoms with Crippen molar-refractivity contribution in [1.29, 1.82) is 0 Å². The van der Waals surface area contributed by atoms with Crippen LogP contribution in [0, 0.1) is 13.8 Å². The van der Waals surface area contributed by atoms with E-state index in [1.807, 2.05) is 41.3 Å². The van der Waals surface area contributed by atoms with Crippen LogP contribution in [0.5, 0.6) is 0 Å². The van der Waals surface area contributed by atoms with Gasteiger partial charge in [-0.15, -0.1) is 0 Å². The summed E-state index contributed by atoms with van der Waals surface area (Å²) in [6.45, 7) is 7.37. The number of nitrogens with zero attached hydrogens (tertiary/aromatic N) is 4. The zero-order chi connectivity index (χ0) is 25.8. The topological polar surface area (TPSA) is 76.2 Å². The molecule has 2 fully saturated rings. The number of likely N-dealkylation sites (N-methyl/N-ethyl adjacent to an activating group) is 1. The summed E-state index contributed by atoms with van der Waals surface area (Å²) < 4.78 is 0. The molecule has 192 valence electrons. The lowest BCUT2D eigenvalue weighted by atomic mass is 10.00. The third-order valence-corrected chi connectivity index (χ3v) is 7.21. The Bertz CT molecular complexity index is 1110. The molecule has 0 spiro atoms. The predicted molar refractivity (Wildman–Crippen MR) is 138 cm³/mol. The Balaban J connectivity index is 1.61. The van der Waals surface area contributed by atoms with E-state index in [0.29, 0.717) is 19.5 Å². The van der Waals surface area contributed by atoms with Gasteiger partial charge < -0.3 is 15.1 Å². The van der Waals surface area contributed by atoms with E-state index < -0.39 is 12.2 Å². The number of aryl methyl sites for hydroxylation is 2. The Labute approximate surface area is 213 Å². The summed E-state index contributed by atoms with van der Waals surface area (Å²) in [4.78, 5) is 43.8. The number of nitrogens with one attached hydrogen (secondary N) is 1. The predicted octanol–water partition coefficient (Wildman–Crippen LogP) is 3.43. The van der Waals surface area contributed by atoms with Crippen molar-refractivity contribution >= 4 is 17.8 Å². The van der Waals surface area contributed by atoms with Crippen LogP contribution in [0.4, 0.5) is 4.79 Å². The number of hydrogen-bond acceptors (Lipinski definition) is 4. The van der Waals surface area contributed by atoms with E-state index in [1.54, 1.807) is 22.0 Å². The number of hydrazine groups is 1. The van der Waals surface area contributed by atoms with Gasteiger partial charge in [0.25, 0.3) is 0 Å². The monoisotopic (exact) mass is 491 g/mol. The molecule has 2 saturated heterocycles. The van der Waals surface area contributed by atoms with Crippen LogP contribution in [0.2, 0.25) is 0 Å². The van der Waals surface area contributed by atoms with Gasteiger partial charge in [-0.2, -0.15) is 0 Å². The lowest BCUT2D eigenvalue weighted by molar-refractivity contribution is -0.188. The highest BCUT2D eigenvalue weighted by Crippen LogP contribution is 2.29. The second kappa shape index (κ2) is 11.1. The summed E-state index contributed by atoms with van der Waals surface area (Å²) in [6.07, 6.45) is 1.79. The van der Waals surface area contributed by atoms with Crippen LogP contribution < -0.4 is 5.32 Å². The van der Waals surface area contributed by atoms with Gasteiger partial charge in [0.15, 0.2) is 0 Å². The van der Waals surface area contributed by atoms with Crippen LogP contribution in [0.25, 0.3) is 0 Å². The van der Waals surface area contributed by atoms with E-state index in [2.05, 4.69) is 38.2 Å². The molecule has 0 unspecified atom stereocenters. The average molecular weight is 492 g/mol. The number of piperazine rings is 1. The summed E-state index contributed by atoms with van der Waals surface area (Å²) in [7, 11) is 1.75. The fourth-order valence-electron chi connectivity index (χ4n) is 5.10. The number of carbonyl (C=O) groups excluding carboxylic acids is 3. The van der Waals surface area contributed by atoms with Crippen molar-refractivity contribution in [3.63, 3.8) is 0 Å². The molecule has 0 saturated carbocycles. The van der Waals surface area contributed by atoms with Crippen LogP contribution in [0.1, 0.15) is 48.4 Å². The second-order valence-corrected chi connectivity index (χ2v) is 9.88. The normalized spacial score (nSPS) is 20.5. The summed E-state index contributed by atoms with van der Waals surface area (Å²) in [5, 5.41) is 6.28. The molecule has 4 amide bonds. The molecule has 0 radical (unpaired) electrons. The van der Waals surface area contributed by atoms with Gasteiger partial charge in [0.05, 0.1) is 13.1 Å². The minimum Gasteiger partial charge on any atom is -0.333 e. The lowest BCUT2D eigenvalue weighted by Crippen LogP contribution is -2.75. The van der Waals surface area contributed by atoms with E-state index in [4.69, 9.17) is 0 Å². The molecule has 4 rings (SSSR count). The number of hydrogen-bond donors (Lipinski definition) is 1. The number of carbonyl (C=O) groups is 3. The Morgan fingerprint density at radius 1 is 1.03 bits per heavy atom. The number of benzene rings is 2. The van der Waals surface area contributed by atoms with Gasteiger partial charge in [-0.25, -0.2) is 14.8 Å². The average Bonchev–Trinajstić information content (AvgIpc) is 2.86. The SMILES string of the molecule is CCCC[C@H]1C(=O)N(Cc2ccc(C)c(C)c2)C[C@H]2N1C(=O)CN(C)N2C(=O)NCc1ccccc1. The Morgan fingerprint density at radius 2 is 1.78 bits per heavy atom. The molecule has 2 aliphatic rings. The molecule has 0 bridgehead atoms. The lowest BCUT2D eigenvalue weighted by Gasteiger charge is -2.54. The maximum atomic E-state index is 13.7. The third-order valence-electron chi connectivity index (χ3n) is 7.21. The minimum atomic E-state index is -0.569. The van der Waals surface area contributed by atoms with Gasteiger partial charge in [0.1, 0.15) is 12.2 Å². The van der Waals surface area contributed by atoms with Crippen LogP contribution in [0.3, 0.4) is 0 Å². The number of urea groups is 1. The summed E-state index contributed by atoms with van der Waals surface area (Å²) in [5.74, 6) is -0.157. The maximum absolute atomic E-state index is 13.7. The highest BCUT2D eigenvalue weighted by molar-refractivity contribution is 5.91. The van der Waals surface area contributed by atoms with Crippen molar-refractivity contribution in [2.24, 2.45) is 0 Å². The van der Waals surface area contributed by atoms with E-state index in [9.17, 15) is 14.4 Å². The highest BCUT2D eigenvalue weighted by atomic mass is 16.2. The van der Waals surface area contributed by atoms with Crippen molar-refractivity contribution < 1.29 is 14.4 Å². The third kappa shape index (κ3) is 5.38. The van der Waals surface area contributed by atoms with Gasteiger partial charge in [-0.3, -0.25) is 9.59 Å². The zero-order valence-electron chi connectivity index (χ0n) is 21.7. The maximum Gasteiger partial charge on any atom is 0.334 e. The van der Waals surface area contributed by atoms with E-state index in [1.165, 1.54) is 11.1 Å². The number of rotatable bonds is 7. The minimum absolute atomic E-state index is 0.0412. The first-order valence-corrected chi connectivity index (χ1v) is 12.8. The van der Waals surface area contributed by atoms with E-state index in [0.717, 1.165) is 24.0 Å². The first-order valence-electron chi connectivity index (χ1n) is 12.8. The zero-order valence-corrected chi connectivity index (χ0v) is 21.7. The smallest absolute Gasteiger partial charge is 0.333 e. The second-order valence-electron chi connectivity index (χ2n) is 9.88. The number of amides is 4. The molecule has 2 heterocycles. The molecule has 0 aromatic heterocycles. The largest absolute Gasteiger partial charge is 0.334 e. The summed E-state index contributed by atoms with van der Waals surface area (Å²) in [6, 6.07) is 15.1. The van der Waals surface area contributed by atoms with Gasteiger partial charge in [-0.05, 0) is 42.5 Å². The molecule has 2 atom stereocenters.